The Morgan fingerprint density at radius 3 is 2.49 bits per heavy atom. The topological polar surface area (TPSA) is 94.3 Å². The monoisotopic (exact) mass is 475 g/mol. The fourth-order valence-corrected chi connectivity index (χ4v) is 3.87. The van der Waals surface area contributed by atoms with Crippen molar-refractivity contribution in [3.8, 4) is 17.4 Å². The Labute approximate surface area is 196 Å². The number of fused-ring (bicyclic) bond motifs is 1. The van der Waals surface area contributed by atoms with Gasteiger partial charge in [0.25, 0.3) is 5.56 Å². The zero-order valence-electron chi connectivity index (χ0n) is 18.2. The molecule has 35 heavy (non-hydrogen) atoms. The van der Waals surface area contributed by atoms with Crippen molar-refractivity contribution < 1.29 is 13.2 Å². The molecule has 0 atom stereocenters. The van der Waals surface area contributed by atoms with Crippen LogP contribution < -0.4 is 5.56 Å². The Hall–Kier alpha value is -4.72. The molecule has 0 bridgehead atoms. The van der Waals surface area contributed by atoms with Crippen molar-refractivity contribution in [3.05, 3.63) is 100.0 Å². The van der Waals surface area contributed by atoms with E-state index in [0.29, 0.717) is 17.0 Å². The minimum absolute atomic E-state index is 0.00907. The molecule has 3 aromatic heterocycles. The molecule has 0 saturated heterocycles. The first-order chi connectivity index (χ1) is 16.8. The normalized spacial score (nSPS) is 11.6. The molecule has 174 valence electrons. The van der Waals surface area contributed by atoms with Gasteiger partial charge in [-0.2, -0.15) is 28.6 Å². The van der Waals surface area contributed by atoms with Gasteiger partial charge in [0.1, 0.15) is 17.8 Å². The molecule has 0 unspecified atom stereocenters. The van der Waals surface area contributed by atoms with E-state index in [-0.39, 0.29) is 23.3 Å². The Kier molecular flexibility index (Phi) is 5.21. The van der Waals surface area contributed by atoms with E-state index in [1.165, 1.54) is 33.9 Å². The number of rotatable bonds is 4. The number of hydrogen-bond acceptors (Lipinski definition) is 5. The van der Waals surface area contributed by atoms with Crippen molar-refractivity contribution in [2.45, 2.75) is 19.6 Å². The number of benzene rings is 2. The van der Waals surface area contributed by atoms with Crippen molar-refractivity contribution in [1.29, 1.82) is 5.26 Å². The van der Waals surface area contributed by atoms with E-state index >= 15 is 0 Å². The highest BCUT2D eigenvalue weighted by atomic mass is 19.4. The minimum Gasteiger partial charge on any atom is -0.292 e. The average molecular weight is 475 g/mol. The van der Waals surface area contributed by atoms with E-state index in [1.807, 2.05) is 30.3 Å². The van der Waals surface area contributed by atoms with E-state index in [4.69, 9.17) is 0 Å². The molecule has 0 saturated carbocycles. The molecule has 5 rings (SSSR count). The Bertz CT molecular complexity index is 1660. The molecule has 0 aliphatic heterocycles. The molecular weight excluding hydrogens is 459 g/mol. The standard InChI is InChI=1S/C24H16F3N7O/c1-15-19(11-28)21(33(31-15)17-7-3-2-4-8-17)13-32-14-29-22-20(23(32)35)12-30-34(22)18-9-5-6-16(10-18)24(25,26)27/h2-10,12,14H,13H2,1H3. The van der Waals surface area contributed by atoms with Crippen LogP contribution >= 0.6 is 0 Å². The van der Waals surface area contributed by atoms with E-state index < -0.39 is 17.3 Å². The molecule has 0 N–H and O–H groups in total. The van der Waals surface area contributed by atoms with Crippen LogP contribution in [0.5, 0.6) is 0 Å². The van der Waals surface area contributed by atoms with Crippen molar-refractivity contribution in [2.24, 2.45) is 0 Å². The number of halogens is 3. The van der Waals surface area contributed by atoms with Crippen LogP contribution in [0.2, 0.25) is 0 Å². The predicted octanol–water partition coefficient (Wildman–Crippen LogP) is 4.02. The third-order valence-electron chi connectivity index (χ3n) is 5.56. The van der Waals surface area contributed by atoms with Crippen molar-refractivity contribution >= 4 is 11.0 Å². The summed E-state index contributed by atoms with van der Waals surface area (Å²) in [6, 6.07) is 16.0. The van der Waals surface area contributed by atoms with Gasteiger partial charge in [-0.05, 0) is 37.3 Å². The van der Waals surface area contributed by atoms with Crippen LogP contribution in [-0.2, 0) is 12.7 Å². The minimum atomic E-state index is -4.52. The first-order valence-corrected chi connectivity index (χ1v) is 10.4. The van der Waals surface area contributed by atoms with Crippen LogP contribution in [-0.4, -0.2) is 29.1 Å². The summed E-state index contributed by atoms with van der Waals surface area (Å²) in [7, 11) is 0. The van der Waals surface area contributed by atoms with E-state index in [2.05, 4.69) is 21.3 Å². The Morgan fingerprint density at radius 2 is 1.77 bits per heavy atom. The van der Waals surface area contributed by atoms with Crippen LogP contribution in [0, 0.1) is 18.3 Å². The van der Waals surface area contributed by atoms with Gasteiger partial charge in [-0.3, -0.25) is 9.36 Å². The van der Waals surface area contributed by atoms with Crippen molar-refractivity contribution in [2.75, 3.05) is 0 Å². The molecule has 0 amide bonds. The maximum Gasteiger partial charge on any atom is 0.416 e. The molecule has 0 aliphatic carbocycles. The zero-order chi connectivity index (χ0) is 24.7. The number of nitrogens with zero attached hydrogens (tertiary/aromatic N) is 7. The zero-order valence-corrected chi connectivity index (χ0v) is 18.2. The molecule has 8 nitrogen and oxygen atoms in total. The highest BCUT2D eigenvalue weighted by molar-refractivity contribution is 5.75. The van der Waals surface area contributed by atoms with Gasteiger partial charge in [0.05, 0.1) is 46.6 Å². The first-order valence-electron chi connectivity index (χ1n) is 10.4. The van der Waals surface area contributed by atoms with E-state index in [0.717, 1.165) is 17.8 Å². The molecule has 2 aromatic carbocycles. The van der Waals surface area contributed by atoms with Gasteiger partial charge in [-0.25, -0.2) is 14.3 Å². The lowest BCUT2D eigenvalue weighted by molar-refractivity contribution is -0.137. The number of aryl methyl sites for hydroxylation is 1. The summed E-state index contributed by atoms with van der Waals surface area (Å²) in [5, 5.41) is 18.4. The molecule has 0 aliphatic rings. The van der Waals surface area contributed by atoms with Gasteiger partial charge < -0.3 is 0 Å². The van der Waals surface area contributed by atoms with Gasteiger partial charge >= 0.3 is 6.18 Å². The van der Waals surface area contributed by atoms with E-state index in [9.17, 15) is 23.2 Å². The number of aromatic nitrogens is 6. The third kappa shape index (κ3) is 3.85. The lowest BCUT2D eigenvalue weighted by Crippen LogP contribution is -2.23. The lowest BCUT2D eigenvalue weighted by atomic mass is 10.2. The largest absolute Gasteiger partial charge is 0.416 e. The quantitative estimate of drug-likeness (QED) is 0.392. The highest BCUT2D eigenvalue weighted by Gasteiger charge is 2.30. The molecule has 0 fully saturated rings. The van der Waals surface area contributed by atoms with Crippen molar-refractivity contribution in [3.63, 3.8) is 0 Å². The fourth-order valence-electron chi connectivity index (χ4n) is 3.87. The van der Waals surface area contributed by atoms with Crippen LogP contribution in [0.1, 0.15) is 22.5 Å². The maximum atomic E-state index is 13.2. The highest BCUT2D eigenvalue weighted by Crippen LogP contribution is 2.30. The summed E-state index contributed by atoms with van der Waals surface area (Å²) in [4.78, 5) is 17.5. The fraction of sp³-hybridized carbons (Fsp3) is 0.125. The number of hydrogen-bond donors (Lipinski definition) is 0. The van der Waals surface area contributed by atoms with Gasteiger partial charge in [-0.1, -0.05) is 24.3 Å². The van der Waals surface area contributed by atoms with Gasteiger partial charge in [-0.15, -0.1) is 0 Å². The second kappa shape index (κ2) is 8.25. The maximum absolute atomic E-state index is 13.2. The third-order valence-corrected chi connectivity index (χ3v) is 5.56. The number of para-hydroxylation sites is 1. The van der Waals surface area contributed by atoms with E-state index in [1.54, 1.807) is 11.6 Å². The lowest BCUT2D eigenvalue weighted by Gasteiger charge is -2.11. The average Bonchev–Trinajstić information content (AvgIpc) is 3.42. The van der Waals surface area contributed by atoms with Gasteiger partial charge in [0.2, 0.25) is 0 Å². The Balaban J connectivity index is 1.59. The van der Waals surface area contributed by atoms with Crippen molar-refractivity contribution in [1.82, 2.24) is 29.1 Å². The summed E-state index contributed by atoms with van der Waals surface area (Å²) in [5.41, 5.74) is 1.07. The molecule has 0 spiro atoms. The van der Waals surface area contributed by atoms with Crippen LogP contribution in [0.4, 0.5) is 13.2 Å². The summed E-state index contributed by atoms with van der Waals surface area (Å²) < 4.78 is 43.5. The molecule has 11 heteroatoms. The van der Waals surface area contributed by atoms with Crippen LogP contribution in [0.25, 0.3) is 22.4 Å². The number of nitriles is 1. The first kappa shape index (κ1) is 22.1. The van der Waals surface area contributed by atoms with Gasteiger partial charge in [0, 0.05) is 0 Å². The predicted molar refractivity (Wildman–Crippen MR) is 120 cm³/mol. The second-order valence-electron chi connectivity index (χ2n) is 7.79. The van der Waals surface area contributed by atoms with Crippen LogP contribution in [0.3, 0.4) is 0 Å². The van der Waals surface area contributed by atoms with Crippen LogP contribution in [0.15, 0.2) is 71.9 Å². The summed E-state index contributed by atoms with van der Waals surface area (Å²) >= 11 is 0. The molecular formula is C24H16F3N7O. The smallest absolute Gasteiger partial charge is 0.292 e. The summed E-state index contributed by atoms with van der Waals surface area (Å²) in [6.45, 7) is 1.72. The Morgan fingerprint density at radius 1 is 1.03 bits per heavy atom. The second-order valence-corrected chi connectivity index (χ2v) is 7.79. The summed E-state index contributed by atoms with van der Waals surface area (Å²) in [6.07, 6.45) is -1.96. The summed E-state index contributed by atoms with van der Waals surface area (Å²) in [5.74, 6) is 0. The number of alkyl halides is 3. The van der Waals surface area contributed by atoms with Gasteiger partial charge in [0.15, 0.2) is 5.65 Å². The molecule has 0 radical (unpaired) electrons. The molecule has 5 aromatic rings. The molecule has 3 heterocycles. The SMILES string of the molecule is Cc1nn(-c2ccccc2)c(Cn2cnc3c(cnn3-c3cccc(C(F)(F)F)c3)c2=O)c1C#N.